The lowest BCUT2D eigenvalue weighted by Crippen LogP contribution is -2.22. The number of hydrogen-bond acceptors (Lipinski definition) is 5. The number of rotatable bonds is 8. The second kappa shape index (κ2) is 8.28. The van der Waals surface area contributed by atoms with E-state index in [1.54, 1.807) is 24.3 Å². The lowest BCUT2D eigenvalue weighted by molar-refractivity contribution is -0.385. The van der Waals surface area contributed by atoms with Gasteiger partial charge in [0.25, 0.3) is 5.69 Å². The molecule has 0 radical (unpaired) electrons. The minimum Gasteiger partial charge on any atom is -0.481 e. The number of benzene rings is 3. The molecule has 3 aromatic carbocycles. The van der Waals surface area contributed by atoms with Gasteiger partial charge in [0.2, 0.25) is 6.41 Å². The van der Waals surface area contributed by atoms with Crippen LogP contribution in [0.1, 0.15) is 11.1 Å². The van der Waals surface area contributed by atoms with Crippen LogP contribution >= 0.6 is 0 Å². The molecule has 0 spiro atoms. The molecule has 0 fully saturated rings. The predicted molar refractivity (Wildman–Crippen MR) is 102 cm³/mol. The normalized spacial score (nSPS) is 10.6. The van der Waals surface area contributed by atoms with Crippen LogP contribution in [0.2, 0.25) is 0 Å². The fourth-order valence-electron chi connectivity index (χ4n) is 2.96. The van der Waals surface area contributed by atoms with Gasteiger partial charge in [0.15, 0.2) is 0 Å². The number of hydroxylamine groups is 1. The molecule has 0 unspecified atom stereocenters. The average molecular weight is 380 g/mol. The number of nitro benzene ring substituents is 1. The Morgan fingerprint density at radius 3 is 2.36 bits per heavy atom. The van der Waals surface area contributed by atoms with Crippen LogP contribution in [0.4, 0.5) is 11.4 Å². The number of carboxylic acid groups (broad SMARTS) is 1. The summed E-state index contributed by atoms with van der Waals surface area (Å²) >= 11 is 0. The number of anilines is 1. The van der Waals surface area contributed by atoms with Crippen molar-refractivity contribution >= 4 is 34.5 Å². The van der Waals surface area contributed by atoms with Gasteiger partial charge in [-0.05, 0) is 10.9 Å². The van der Waals surface area contributed by atoms with Gasteiger partial charge in [0.1, 0.15) is 6.61 Å². The molecule has 1 amide bonds. The summed E-state index contributed by atoms with van der Waals surface area (Å²) in [6.07, 6.45) is -0.0889. The predicted octanol–water partition coefficient (Wildman–Crippen LogP) is 3.47. The van der Waals surface area contributed by atoms with E-state index in [9.17, 15) is 19.7 Å². The lowest BCUT2D eigenvalue weighted by Gasteiger charge is -2.20. The number of nitrogens with zero attached hydrogens (tertiary/aromatic N) is 2. The molecule has 0 aliphatic carbocycles. The van der Waals surface area contributed by atoms with Crippen LogP contribution in [0.5, 0.6) is 0 Å². The van der Waals surface area contributed by atoms with Crippen LogP contribution < -0.4 is 5.06 Å². The Morgan fingerprint density at radius 2 is 1.75 bits per heavy atom. The van der Waals surface area contributed by atoms with Gasteiger partial charge in [-0.1, -0.05) is 54.6 Å². The molecule has 0 heterocycles. The van der Waals surface area contributed by atoms with Gasteiger partial charge in [-0.25, -0.2) is 0 Å². The highest BCUT2D eigenvalue weighted by atomic mass is 16.7. The molecule has 0 saturated carbocycles. The number of aliphatic carboxylic acids is 1. The van der Waals surface area contributed by atoms with Crippen LogP contribution in [0.25, 0.3) is 10.8 Å². The van der Waals surface area contributed by atoms with E-state index in [1.165, 1.54) is 6.07 Å². The molecular weight excluding hydrogens is 364 g/mol. The number of fused-ring (bicyclic) bond motifs is 1. The van der Waals surface area contributed by atoms with E-state index in [2.05, 4.69) is 0 Å². The summed E-state index contributed by atoms with van der Waals surface area (Å²) in [5.41, 5.74) is 0.676. The van der Waals surface area contributed by atoms with Gasteiger partial charge >= 0.3 is 5.97 Å². The van der Waals surface area contributed by atoms with Crippen molar-refractivity contribution in [1.82, 2.24) is 0 Å². The summed E-state index contributed by atoms with van der Waals surface area (Å²) < 4.78 is 0. The quantitative estimate of drug-likeness (QED) is 0.364. The standard InChI is InChI=1S/C20H16N2O6/c23-13-21(28-12-14-6-2-1-3-7-14)18-11-19(22(26)27)17(10-20(24)25)15-8-4-5-9-16(15)18/h1-9,11,13H,10,12H2,(H,24,25). The second-order valence-corrected chi connectivity index (χ2v) is 5.96. The highest BCUT2D eigenvalue weighted by molar-refractivity contribution is 6.02. The Hall–Kier alpha value is -3.78. The summed E-state index contributed by atoms with van der Waals surface area (Å²) in [6, 6.07) is 16.9. The van der Waals surface area contributed by atoms with Gasteiger partial charge < -0.3 is 5.11 Å². The number of carboxylic acids is 1. The summed E-state index contributed by atoms with van der Waals surface area (Å²) in [5.74, 6) is -1.19. The molecule has 8 nitrogen and oxygen atoms in total. The van der Waals surface area contributed by atoms with Crippen molar-refractivity contribution in [1.29, 1.82) is 0 Å². The van der Waals surface area contributed by atoms with Crippen LogP contribution in [0.3, 0.4) is 0 Å². The third kappa shape index (κ3) is 3.97. The molecule has 3 aromatic rings. The largest absolute Gasteiger partial charge is 0.481 e. The SMILES string of the molecule is O=CN(OCc1ccccc1)c1cc([N+](=O)[O-])c(CC(=O)O)c2ccccc12. The fraction of sp³-hybridized carbons (Fsp3) is 0.100. The van der Waals surface area contributed by atoms with Crippen molar-refractivity contribution in [2.75, 3.05) is 5.06 Å². The number of amides is 1. The molecule has 0 aliphatic rings. The minimum atomic E-state index is -1.19. The highest BCUT2D eigenvalue weighted by Gasteiger charge is 2.24. The number of carbonyl (C=O) groups excluding carboxylic acids is 1. The summed E-state index contributed by atoms with van der Waals surface area (Å²) in [6.45, 7) is 0.0819. The van der Waals surface area contributed by atoms with E-state index in [4.69, 9.17) is 9.94 Å². The van der Waals surface area contributed by atoms with Gasteiger partial charge in [-0.2, -0.15) is 5.06 Å². The van der Waals surface area contributed by atoms with Gasteiger partial charge in [-0.3, -0.25) is 24.5 Å². The molecule has 8 heteroatoms. The van der Waals surface area contributed by atoms with E-state index in [-0.39, 0.29) is 23.5 Å². The summed E-state index contributed by atoms with van der Waals surface area (Å²) in [5, 5.41) is 22.5. The Bertz CT molecular complexity index is 1040. The first kappa shape index (κ1) is 19.0. The van der Waals surface area contributed by atoms with Crippen molar-refractivity contribution in [2.45, 2.75) is 13.0 Å². The third-order valence-electron chi connectivity index (χ3n) is 4.18. The van der Waals surface area contributed by atoms with Gasteiger partial charge in [0, 0.05) is 17.0 Å². The Labute approximate surface area is 159 Å². The zero-order chi connectivity index (χ0) is 20.1. The maximum atomic E-state index is 11.7. The molecular formula is C20H16N2O6. The van der Waals surface area contributed by atoms with E-state index < -0.39 is 17.3 Å². The summed E-state index contributed by atoms with van der Waals surface area (Å²) in [7, 11) is 0. The molecule has 1 N–H and O–H groups in total. The molecule has 0 aromatic heterocycles. The molecule has 142 valence electrons. The molecule has 0 atom stereocenters. The minimum absolute atomic E-state index is 0.0748. The number of carbonyl (C=O) groups is 2. The van der Waals surface area contributed by atoms with Gasteiger partial charge in [0.05, 0.1) is 17.0 Å². The van der Waals surface area contributed by atoms with Crippen molar-refractivity contribution in [3.05, 3.63) is 81.9 Å². The van der Waals surface area contributed by atoms with Gasteiger partial charge in [-0.15, -0.1) is 0 Å². The zero-order valence-corrected chi connectivity index (χ0v) is 14.6. The smallest absolute Gasteiger partial charge is 0.308 e. The molecule has 28 heavy (non-hydrogen) atoms. The Morgan fingerprint density at radius 1 is 1.11 bits per heavy atom. The first-order valence-corrected chi connectivity index (χ1v) is 8.33. The first-order valence-electron chi connectivity index (χ1n) is 8.33. The van der Waals surface area contributed by atoms with Crippen molar-refractivity contribution in [3.8, 4) is 0 Å². The number of hydrogen-bond donors (Lipinski definition) is 1. The second-order valence-electron chi connectivity index (χ2n) is 5.96. The average Bonchev–Trinajstić information content (AvgIpc) is 2.69. The topological polar surface area (TPSA) is 110 Å². The number of nitro groups is 1. The van der Waals surface area contributed by atoms with Crippen molar-refractivity contribution in [3.63, 3.8) is 0 Å². The van der Waals surface area contributed by atoms with Crippen molar-refractivity contribution < 1.29 is 24.5 Å². The monoisotopic (exact) mass is 380 g/mol. The van der Waals surface area contributed by atoms with Crippen molar-refractivity contribution in [2.24, 2.45) is 0 Å². The van der Waals surface area contributed by atoms with Crippen LogP contribution in [0.15, 0.2) is 60.7 Å². The molecule has 3 rings (SSSR count). The third-order valence-corrected chi connectivity index (χ3v) is 4.18. The zero-order valence-electron chi connectivity index (χ0n) is 14.6. The lowest BCUT2D eigenvalue weighted by atomic mass is 9.98. The van der Waals surface area contributed by atoms with E-state index in [1.807, 2.05) is 30.3 Å². The molecule has 0 aliphatic heterocycles. The fourth-order valence-corrected chi connectivity index (χ4v) is 2.96. The van der Waals surface area contributed by atoms with Crippen LogP contribution in [-0.2, 0) is 27.5 Å². The van der Waals surface area contributed by atoms with E-state index in [0.717, 1.165) is 10.6 Å². The summed E-state index contributed by atoms with van der Waals surface area (Å²) in [4.78, 5) is 39.3. The van der Waals surface area contributed by atoms with E-state index in [0.29, 0.717) is 17.2 Å². The highest BCUT2D eigenvalue weighted by Crippen LogP contribution is 2.36. The van der Waals surface area contributed by atoms with E-state index >= 15 is 0 Å². The maximum absolute atomic E-state index is 11.7. The Kier molecular flexibility index (Phi) is 5.61. The maximum Gasteiger partial charge on any atom is 0.308 e. The van der Waals surface area contributed by atoms with Crippen LogP contribution in [0, 0.1) is 10.1 Å². The van der Waals surface area contributed by atoms with Crippen LogP contribution in [-0.4, -0.2) is 22.4 Å². The molecule has 0 bridgehead atoms. The molecule has 0 saturated heterocycles. The first-order chi connectivity index (χ1) is 13.5. The Balaban J connectivity index is 2.09.